The smallest absolute Gasteiger partial charge is 0.121 e. The van der Waals surface area contributed by atoms with Crippen molar-refractivity contribution >= 4 is 0 Å². The summed E-state index contributed by atoms with van der Waals surface area (Å²) in [7, 11) is 0. The highest BCUT2D eigenvalue weighted by molar-refractivity contribution is 5.44. The second-order valence-electron chi connectivity index (χ2n) is 5.80. The summed E-state index contributed by atoms with van der Waals surface area (Å²) in [5, 5.41) is 9.81. The summed E-state index contributed by atoms with van der Waals surface area (Å²) < 4.78 is 0. The molecule has 0 amide bonds. The summed E-state index contributed by atoms with van der Waals surface area (Å²) in [5.41, 5.74) is 3.53. The normalized spacial score (nSPS) is 11.8. The zero-order valence-corrected chi connectivity index (χ0v) is 11.9. The summed E-state index contributed by atoms with van der Waals surface area (Å²) in [6.45, 7) is 10.8. The van der Waals surface area contributed by atoms with Gasteiger partial charge in [-0.3, -0.25) is 0 Å². The lowest BCUT2D eigenvalue weighted by Crippen LogP contribution is -2.17. The minimum atomic E-state index is 0.207. The first-order valence-corrected chi connectivity index (χ1v) is 6.69. The average Bonchev–Trinajstić information content (AvgIpc) is 2.25. The molecule has 0 fully saturated rings. The summed E-state index contributed by atoms with van der Waals surface area (Å²) in [4.78, 5) is 0. The molecule has 0 spiro atoms. The molecule has 0 saturated heterocycles. The highest BCUT2D eigenvalue weighted by Gasteiger charge is 2.21. The Hall–Kier alpha value is -0.980. The first-order valence-electron chi connectivity index (χ1n) is 6.69. The van der Waals surface area contributed by atoms with Crippen molar-refractivity contribution < 1.29 is 5.11 Å². The topological polar surface area (TPSA) is 20.2 Å². The molecule has 1 nitrogen and oxygen atoms in total. The minimum Gasteiger partial charge on any atom is -0.507 e. The van der Waals surface area contributed by atoms with Crippen LogP contribution in [0, 0.1) is 13.8 Å². The number of rotatable bonds is 5. The molecule has 1 rings (SSSR count). The van der Waals surface area contributed by atoms with Crippen molar-refractivity contribution in [3.8, 4) is 5.75 Å². The lowest BCUT2D eigenvalue weighted by Gasteiger charge is -2.26. The monoisotopic (exact) mass is 234 g/mol. The minimum absolute atomic E-state index is 0.207. The van der Waals surface area contributed by atoms with Gasteiger partial charge in [-0.15, -0.1) is 0 Å². The van der Waals surface area contributed by atoms with E-state index < -0.39 is 0 Å². The zero-order valence-electron chi connectivity index (χ0n) is 11.9. The van der Waals surface area contributed by atoms with Gasteiger partial charge in [-0.2, -0.15) is 0 Å². The molecule has 0 radical (unpaired) electrons. The number of hydrogen-bond acceptors (Lipinski definition) is 1. The van der Waals surface area contributed by atoms with Gasteiger partial charge in [-0.1, -0.05) is 52.2 Å². The van der Waals surface area contributed by atoms with E-state index in [1.165, 1.54) is 31.2 Å². The Morgan fingerprint density at radius 1 is 1.06 bits per heavy atom. The van der Waals surface area contributed by atoms with Crippen LogP contribution in [-0.4, -0.2) is 5.11 Å². The predicted octanol–water partition coefficient (Wildman–Crippen LogP) is 4.87. The number of aryl methyl sites for hydroxylation is 2. The highest BCUT2D eigenvalue weighted by atomic mass is 16.3. The van der Waals surface area contributed by atoms with Crippen LogP contribution in [0.2, 0.25) is 0 Å². The number of aromatic hydroxyl groups is 1. The fourth-order valence-corrected chi connectivity index (χ4v) is 2.31. The molecule has 0 saturated carbocycles. The van der Waals surface area contributed by atoms with E-state index in [1.54, 1.807) is 0 Å². The molecule has 1 aromatic carbocycles. The first kappa shape index (κ1) is 14.1. The molecule has 1 aromatic rings. The summed E-state index contributed by atoms with van der Waals surface area (Å²) in [6, 6.07) is 4.27. The average molecular weight is 234 g/mol. The van der Waals surface area contributed by atoms with E-state index in [0.29, 0.717) is 5.75 Å². The van der Waals surface area contributed by atoms with E-state index in [2.05, 4.69) is 32.9 Å². The summed E-state index contributed by atoms with van der Waals surface area (Å²) >= 11 is 0. The Labute approximate surface area is 106 Å². The number of phenols is 1. The number of benzene rings is 1. The van der Waals surface area contributed by atoms with E-state index in [0.717, 1.165) is 11.1 Å². The van der Waals surface area contributed by atoms with Crippen LogP contribution in [-0.2, 0) is 5.41 Å². The van der Waals surface area contributed by atoms with E-state index in [1.807, 2.05) is 13.8 Å². The first-order chi connectivity index (χ1) is 7.88. The molecule has 0 unspecified atom stereocenters. The van der Waals surface area contributed by atoms with Gasteiger partial charge in [0.05, 0.1) is 0 Å². The predicted molar refractivity (Wildman–Crippen MR) is 74.7 cm³/mol. The molecule has 0 aliphatic carbocycles. The second kappa shape index (κ2) is 5.57. The van der Waals surface area contributed by atoms with E-state index in [9.17, 15) is 5.11 Å². The lowest BCUT2D eigenvalue weighted by atomic mass is 9.79. The van der Waals surface area contributed by atoms with E-state index >= 15 is 0 Å². The molecule has 1 heteroatoms. The molecule has 17 heavy (non-hydrogen) atoms. The fraction of sp³-hybridized carbons (Fsp3) is 0.625. The van der Waals surface area contributed by atoms with Gasteiger partial charge in [0, 0.05) is 0 Å². The van der Waals surface area contributed by atoms with Crippen molar-refractivity contribution in [3.63, 3.8) is 0 Å². The Morgan fingerprint density at radius 3 is 2.06 bits per heavy atom. The number of hydrogen-bond donors (Lipinski definition) is 1. The van der Waals surface area contributed by atoms with Gasteiger partial charge in [-0.25, -0.2) is 0 Å². The molecular weight excluding hydrogens is 208 g/mol. The Bertz CT molecular complexity index is 354. The van der Waals surface area contributed by atoms with Gasteiger partial charge >= 0.3 is 0 Å². The maximum Gasteiger partial charge on any atom is 0.121 e. The van der Waals surface area contributed by atoms with Crippen LogP contribution in [0.15, 0.2) is 12.1 Å². The van der Waals surface area contributed by atoms with Gasteiger partial charge in [-0.05, 0) is 42.4 Å². The van der Waals surface area contributed by atoms with Crippen molar-refractivity contribution in [3.05, 3.63) is 28.8 Å². The fourth-order valence-electron chi connectivity index (χ4n) is 2.31. The van der Waals surface area contributed by atoms with Crippen molar-refractivity contribution in [2.45, 2.75) is 65.7 Å². The number of phenolic OH excluding ortho intramolecular Hbond substituents is 1. The van der Waals surface area contributed by atoms with Crippen LogP contribution in [0.5, 0.6) is 5.75 Å². The van der Waals surface area contributed by atoms with Crippen LogP contribution >= 0.6 is 0 Å². The van der Waals surface area contributed by atoms with Crippen molar-refractivity contribution in [2.24, 2.45) is 0 Å². The SMILES string of the molecule is CCCCCC(C)(C)c1cc(C)c(O)c(C)c1. The van der Waals surface area contributed by atoms with Crippen molar-refractivity contribution in [2.75, 3.05) is 0 Å². The van der Waals surface area contributed by atoms with E-state index in [4.69, 9.17) is 0 Å². The van der Waals surface area contributed by atoms with Crippen molar-refractivity contribution in [1.82, 2.24) is 0 Å². The molecular formula is C16H26O. The van der Waals surface area contributed by atoms with Gasteiger partial charge in [0.1, 0.15) is 5.75 Å². The van der Waals surface area contributed by atoms with Crippen molar-refractivity contribution in [1.29, 1.82) is 0 Å². The third kappa shape index (κ3) is 3.49. The van der Waals surface area contributed by atoms with Gasteiger partial charge < -0.3 is 5.11 Å². The summed E-state index contributed by atoms with van der Waals surface area (Å²) in [6.07, 6.45) is 5.07. The lowest BCUT2D eigenvalue weighted by molar-refractivity contribution is 0.444. The Balaban J connectivity index is 2.90. The molecule has 0 heterocycles. The van der Waals surface area contributed by atoms with E-state index in [-0.39, 0.29) is 5.41 Å². The standard InChI is InChI=1S/C16H26O/c1-6-7-8-9-16(4,5)14-10-12(2)15(17)13(3)11-14/h10-11,17H,6-9H2,1-5H3. The summed E-state index contributed by atoms with van der Waals surface area (Å²) in [5.74, 6) is 0.443. The zero-order chi connectivity index (χ0) is 13.1. The largest absolute Gasteiger partial charge is 0.507 e. The molecule has 0 atom stereocenters. The Kier molecular flexibility index (Phi) is 4.62. The molecule has 0 aliphatic rings. The third-order valence-electron chi connectivity index (χ3n) is 3.68. The van der Waals surface area contributed by atoms with Gasteiger partial charge in [0.25, 0.3) is 0 Å². The van der Waals surface area contributed by atoms with Crippen LogP contribution in [0.1, 0.15) is 63.1 Å². The molecule has 0 bridgehead atoms. The van der Waals surface area contributed by atoms with Gasteiger partial charge in [0.15, 0.2) is 0 Å². The molecule has 0 aliphatic heterocycles. The molecule has 96 valence electrons. The van der Waals surface area contributed by atoms with Crippen LogP contribution in [0.4, 0.5) is 0 Å². The third-order valence-corrected chi connectivity index (χ3v) is 3.68. The second-order valence-corrected chi connectivity index (χ2v) is 5.80. The Morgan fingerprint density at radius 2 is 1.59 bits per heavy atom. The quantitative estimate of drug-likeness (QED) is 0.721. The van der Waals surface area contributed by atoms with Crippen LogP contribution in [0.3, 0.4) is 0 Å². The maximum absolute atomic E-state index is 9.81. The number of unbranched alkanes of at least 4 members (excludes halogenated alkanes) is 2. The van der Waals surface area contributed by atoms with Gasteiger partial charge in [0.2, 0.25) is 0 Å². The van der Waals surface area contributed by atoms with Crippen LogP contribution < -0.4 is 0 Å². The molecule has 0 aromatic heterocycles. The van der Waals surface area contributed by atoms with Crippen LogP contribution in [0.25, 0.3) is 0 Å². The highest BCUT2D eigenvalue weighted by Crippen LogP contribution is 2.33. The maximum atomic E-state index is 9.81. The molecule has 1 N–H and O–H groups in total.